The largest absolute Gasteiger partial charge is 0.493 e. The average molecular weight is 429 g/mol. The molecule has 1 aliphatic heterocycles. The molecule has 1 aromatic heterocycles. The Morgan fingerprint density at radius 3 is 2.69 bits per heavy atom. The second kappa shape index (κ2) is 8.30. The Hall–Kier alpha value is -3.34. The zero-order chi connectivity index (χ0) is 22.2. The summed E-state index contributed by atoms with van der Waals surface area (Å²) in [5, 5.41) is 0.955. The molecule has 164 valence electrons. The number of fused-ring (bicyclic) bond motifs is 2. The van der Waals surface area contributed by atoms with E-state index in [4.69, 9.17) is 14.5 Å². The van der Waals surface area contributed by atoms with E-state index in [9.17, 15) is 4.79 Å². The summed E-state index contributed by atoms with van der Waals surface area (Å²) in [6, 6.07) is 13.9. The van der Waals surface area contributed by atoms with Crippen LogP contribution in [0.4, 0.5) is 0 Å². The number of carbonyl (C=O) groups is 1. The summed E-state index contributed by atoms with van der Waals surface area (Å²) in [6.45, 7) is 3.87. The van der Waals surface area contributed by atoms with E-state index in [1.54, 1.807) is 14.2 Å². The zero-order valence-corrected chi connectivity index (χ0v) is 18.9. The molecule has 32 heavy (non-hydrogen) atoms. The van der Waals surface area contributed by atoms with Gasteiger partial charge in [0.2, 0.25) is 0 Å². The first-order valence-electron chi connectivity index (χ1n) is 11.2. The fourth-order valence-corrected chi connectivity index (χ4v) is 5.01. The molecule has 0 N–H and O–H groups in total. The Labute approximate surface area is 188 Å². The summed E-state index contributed by atoms with van der Waals surface area (Å²) in [7, 11) is 3.30. The quantitative estimate of drug-likeness (QED) is 0.572. The minimum absolute atomic E-state index is 0.143. The molecule has 1 unspecified atom stereocenters. The van der Waals surface area contributed by atoms with Crippen molar-refractivity contribution in [2.24, 2.45) is 5.92 Å². The minimum atomic E-state index is 0.143. The molecule has 0 radical (unpaired) electrons. The molecular formula is C27H28N2O3. The smallest absolute Gasteiger partial charge is 0.254 e. The molecule has 3 aromatic rings. The number of nitrogens with zero attached hydrogens (tertiary/aromatic N) is 2. The van der Waals surface area contributed by atoms with Crippen LogP contribution >= 0.6 is 0 Å². The van der Waals surface area contributed by atoms with Gasteiger partial charge >= 0.3 is 0 Å². The SMILES string of the molecule is COc1cccc(/C=C2/CCc3c2nc2ccccc2c3C(=O)N2CCC(C)C2)c1OC. The van der Waals surface area contributed by atoms with Crippen molar-refractivity contribution in [3.05, 3.63) is 64.8 Å². The van der Waals surface area contributed by atoms with E-state index in [1.807, 2.05) is 47.4 Å². The molecule has 1 aliphatic carbocycles. The first-order valence-corrected chi connectivity index (χ1v) is 11.2. The molecule has 2 aliphatic rings. The standard InChI is InChI=1S/C27H28N2O3/c1-17-13-14-29(16-17)27(30)24-20-8-4-5-9-22(20)28-25-18(11-12-21(24)25)15-19-7-6-10-23(31-2)26(19)32-3/h4-10,15,17H,11-14,16H2,1-3H3/b18-15-. The van der Waals surface area contributed by atoms with Crippen LogP contribution in [0.3, 0.4) is 0 Å². The number of aromatic nitrogens is 1. The molecule has 0 bridgehead atoms. The molecule has 2 heterocycles. The highest BCUT2D eigenvalue weighted by atomic mass is 16.5. The second-order valence-electron chi connectivity index (χ2n) is 8.73. The predicted octanol–water partition coefficient (Wildman–Crippen LogP) is 5.22. The van der Waals surface area contributed by atoms with Crippen LogP contribution in [-0.2, 0) is 6.42 Å². The lowest BCUT2D eigenvalue weighted by atomic mass is 9.99. The molecule has 5 heteroatoms. The topological polar surface area (TPSA) is 51.7 Å². The Bertz CT molecular complexity index is 1230. The Morgan fingerprint density at radius 1 is 1.09 bits per heavy atom. The van der Waals surface area contributed by atoms with Crippen molar-refractivity contribution in [3.63, 3.8) is 0 Å². The number of hydrogen-bond donors (Lipinski definition) is 0. The lowest BCUT2D eigenvalue weighted by molar-refractivity contribution is 0.0789. The highest BCUT2D eigenvalue weighted by Gasteiger charge is 2.31. The van der Waals surface area contributed by atoms with E-state index in [-0.39, 0.29) is 5.91 Å². The lowest BCUT2D eigenvalue weighted by Gasteiger charge is -2.19. The Kier molecular flexibility index (Phi) is 5.33. The van der Waals surface area contributed by atoms with E-state index in [2.05, 4.69) is 13.0 Å². The Balaban J connectivity index is 1.66. The van der Waals surface area contributed by atoms with E-state index in [0.717, 1.165) is 71.2 Å². The molecule has 5 nitrogen and oxygen atoms in total. The second-order valence-corrected chi connectivity index (χ2v) is 8.73. The van der Waals surface area contributed by atoms with Crippen LogP contribution in [0.1, 0.15) is 46.9 Å². The number of para-hydroxylation sites is 2. The van der Waals surface area contributed by atoms with Gasteiger partial charge in [0.1, 0.15) is 0 Å². The van der Waals surface area contributed by atoms with Crippen LogP contribution in [0, 0.1) is 5.92 Å². The number of rotatable bonds is 4. The number of likely N-dealkylation sites (tertiary alicyclic amines) is 1. The number of pyridine rings is 1. The maximum atomic E-state index is 13.7. The molecule has 1 saturated heterocycles. The lowest BCUT2D eigenvalue weighted by Crippen LogP contribution is -2.29. The number of methoxy groups -OCH3 is 2. The van der Waals surface area contributed by atoms with Gasteiger partial charge in [-0.1, -0.05) is 37.3 Å². The van der Waals surface area contributed by atoms with Gasteiger partial charge in [-0.15, -0.1) is 0 Å². The molecule has 1 amide bonds. The maximum absolute atomic E-state index is 13.7. The zero-order valence-electron chi connectivity index (χ0n) is 18.9. The normalized spacial score (nSPS) is 18.9. The van der Waals surface area contributed by atoms with E-state index in [0.29, 0.717) is 17.4 Å². The highest BCUT2D eigenvalue weighted by molar-refractivity contribution is 6.09. The van der Waals surface area contributed by atoms with Crippen LogP contribution in [0.15, 0.2) is 42.5 Å². The van der Waals surface area contributed by atoms with Crippen molar-refractivity contribution in [2.45, 2.75) is 26.2 Å². The molecule has 2 aromatic carbocycles. The van der Waals surface area contributed by atoms with E-state index in [1.165, 1.54) is 0 Å². The van der Waals surface area contributed by atoms with Crippen molar-refractivity contribution in [2.75, 3.05) is 27.3 Å². The molecule has 1 atom stereocenters. The van der Waals surface area contributed by atoms with Gasteiger partial charge < -0.3 is 14.4 Å². The van der Waals surface area contributed by atoms with Crippen molar-refractivity contribution in [1.29, 1.82) is 0 Å². The third-order valence-electron chi connectivity index (χ3n) is 6.63. The summed E-state index contributed by atoms with van der Waals surface area (Å²) in [5.41, 5.74) is 5.78. The van der Waals surface area contributed by atoms with Gasteiger partial charge in [-0.05, 0) is 54.5 Å². The Morgan fingerprint density at radius 2 is 1.94 bits per heavy atom. The highest BCUT2D eigenvalue weighted by Crippen LogP contribution is 2.40. The van der Waals surface area contributed by atoms with Crippen molar-refractivity contribution in [1.82, 2.24) is 9.88 Å². The van der Waals surface area contributed by atoms with Gasteiger partial charge in [-0.2, -0.15) is 0 Å². The molecular weight excluding hydrogens is 400 g/mol. The first-order chi connectivity index (χ1) is 15.6. The first kappa shape index (κ1) is 20.6. The molecule has 5 rings (SSSR count). The van der Waals surface area contributed by atoms with Crippen molar-refractivity contribution >= 4 is 28.5 Å². The van der Waals surface area contributed by atoms with Crippen LogP contribution in [-0.4, -0.2) is 43.1 Å². The number of hydrogen-bond acceptors (Lipinski definition) is 4. The number of amides is 1. The monoisotopic (exact) mass is 428 g/mol. The average Bonchev–Trinajstić information content (AvgIpc) is 3.43. The molecule has 0 saturated carbocycles. The summed E-state index contributed by atoms with van der Waals surface area (Å²) >= 11 is 0. The fourth-order valence-electron chi connectivity index (χ4n) is 5.01. The molecule has 0 spiro atoms. The van der Waals surface area contributed by atoms with Crippen LogP contribution in [0.25, 0.3) is 22.6 Å². The van der Waals surface area contributed by atoms with Gasteiger partial charge in [-0.25, -0.2) is 4.98 Å². The number of ether oxygens (including phenoxy) is 2. The number of carbonyl (C=O) groups excluding carboxylic acids is 1. The van der Waals surface area contributed by atoms with E-state index >= 15 is 0 Å². The molecule has 1 fully saturated rings. The van der Waals surface area contributed by atoms with Crippen LogP contribution in [0.5, 0.6) is 11.5 Å². The summed E-state index contributed by atoms with van der Waals surface area (Å²) in [6.07, 6.45) is 4.85. The van der Waals surface area contributed by atoms with Crippen LogP contribution in [0.2, 0.25) is 0 Å². The van der Waals surface area contributed by atoms with Gasteiger partial charge in [0.05, 0.1) is 31.0 Å². The van der Waals surface area contributed by atoms with Crippen molar-refractivity contribution < 1.29 is 14.3 Å². The van der Waals surface area contributed by atoms with Crippen LogP contribution < -0.4 is 9.47 Å². The number of benzene rings is 2. The van der Waals surface area contributed by atoms with Gasteiger partial charge in [0.15, 0.2) is 11.5 Å². The van der Waals surface area contributed by atoms with Gasteiger partial charge in [-0.3, -0.25) is 4.79 Å². The number of allylic oxidation sites excluding steroid dienone is 1. The summed E-state index contributed by atoms with van der Waals surface area (Å²) in [4.78, 5) is 20.7. The van der Waals surface area contributed by atoms with E-state index < -0.39 is 0 Å². The van der Waals surface area contributed by atoms with Crippen molar-refractivity contribution in [3.8, 4) is 11.5 Å². The third-order valence-corrected chi connectivity index (χ3v) is 6.63. The summed E-state index contributed by atoms with van der Waals surface area (Å²) in [5.74, 6) is 2.10. The summed E-state index contributed by atoms with van der Waals surface area (Å²) < 4.78 is 11.1. The predicted molar refractivity (Wildman–Crippen MR) is 127 cm³/mol. The van der Waals surface area contributed by atoms with Gasteiger partial charge in [0.25, 0.3) is 5.91 Å². The third kappa shape index (κ3) is 3.42. The fraction of sp³-hybridized carbons (Fsp3) is 0.333. The maximum Gasteiger partial charge on any atom is 0.254 e. The van der Waals surface area contributed by atoms with Gasteiger partial charge in [0, 0.05) is 24.0 Å². The minimum Gasteiger partial charge on any atom is -0.493 e.